The summed E-state index contributed by atoms with van der Waals surface area (Å²) in [7, 11) is -17.7. The normalized spacial score (nSPS) is 20.7. The lowest BCUT2D eigenvalue weighted by Crippen LogP contribution is -2.46. The third-order valence-electron chi connectivity index (χ3n) is 8.54. The molecule has 30 heteroatoms. The number of nitrogens with zero attached hydrogens (tertiary/aromatic N) is 4. The van der Waals surface area contributed by atoms with Gasteiger partial charge in [0.1, 0.15) is 47.8 Å². The molecule has 2 amide bonds. The maximum Gasteiger partial charge on any atom is 0.274 e. The fraction of sp³-hybridized carbons (Fsp3) is 0.677. The number of anilines is 1. The second-order valence-corrected chi connectivity index (χ2v) is 19.3. The molecule has 2 aromatic rings. The number of thioether (sulfide) groups is 1. The predicted molar refractivity (Wildman–Crippen MR) is 202 cm³/mol. The van der Waals surface area contributed by atoms with E-state index in [0.29, 0.717) is 6.42 Å². The highest BCUT2D eigenvalue weighted by Crippen LogP contribution is 2.56. The Kier molecular flexibility index (Phi) is 19.7. The van der Waals surface area contributed by atoms with E-state index in [1.165, 1.54) is 13.8 Å². The summed E-state index contributed by atoms with van der Waals surface area (Å²) in [5.41, 5.74) is 4.00. The Balaban J connectivity index is 1.42. The number of carbonyl (C=O) groups excluding carboxylic acids is 5. The zero-order valence-electron chi connectivity index (χ0n) is 33.0. The Labute approximate surface area is 352 Å². The summed E-state index contributed by atoms with van der Waals surface area (Å²) in [6.07, 6.45) is -5.75. The van der Waals surface area contributed by atoms with Crippen LogP contribution in [-0.4, -0.2) is 115 Å². The number of unbranched alkanes of at least 4 members (excludes halogenated alkanes) is 2. The van der Waals surface area contributed by atoms with Crippen LogP contribution in [0.4, 0.5) is 5.82 Å². The van der Waals surface area contributed by atoms with Gasteiger partial charge in [-0.15, -0.1) is 0 Å². The molecule has 0 aromatic carbocycles. The van der Waals surface area contributed by atoms with Crippen molar-refractivity contribution in [2.24, 2.45) is 5.41 Å². The van der Waals surface area contributed by atoms with Crippen molar-refractivity contribution in [2.45, 2.75) is 96.4 Å². The van der Waals surface area contributed by atoms with Crippen LogP contribution >= 0.6 is 35.2 Å². The number of phosphoric ester groups is 3. The Morgan fingerprint density at radius 1 is 0.984 bits per heavy atom. The summed E-state index contributed by atoms with van der Waals surface area (Å²) in [6.45, 7) is 1.75. The topological polar surface area (TPSA) is 409 Å². The molecular formula is C31H46N7O19P3S-4. The van der Waals surface area contributed by atoms with E-state index in [2.05, 4.69) is 43.5 Å². The minimum atomic E-state index is -5.94. The molecule has 3 heterocycles. The van der Waals surface area contributed by atoms with Gasteiger partial charge in [0.15, 0.2) is 22.8 Å². The van der Waals surface area contributed by atoms with E-state index in [4.69, 9.17) is 10.5 Å². The van der Waals surface area contributed by atoms with Crippen LogP contribution in [0, 0.1) is 5.41 Å². The largest absolute Gasteiger partial charge is 0.790 e. The summed E-state index contributed by atoms with van der Waals surface area (Å²) in [5.74, 6) is -2.27. The van der Waals surface area contributed by atoms with Gasteiger partial charge in [0, 0.05) is 37.1 Å². The molecule has 0 spiro atoms. The van der Waals surface area contributed by atoms with Gasteiger partial charge >= 0.3 is 0 Å². The number of aliphatic hydroxyl groups excluding tert-OH is 2. The van der Waals surface area contributed by atoms with Gasteiger partial charge in [-0.05, 0) is 6.42 Å². The number of Topliss-reactive ketones (excluding diaryl/α,β-unsaturated/α-hetero) is 2. The number of hydrogen-bond acceptors (Lipinski definition) is 24. The first kappa shape index (κ1) is 52.2. The van der Waals surface area contributed by atoms with E-state index in [9.17, 15) is 67.5 Å². The van der Waals surface area contributed by atoms with Gasteiger partial charge in [0.2, 0.25) is 11.8 Å². The summed E-state index contributed by atoms with van der Waals surface area (Å²) in [5, 5.41) is 25.7. The first-order valence-electron chi connectivity index (χ1n) is 18.4. The number of amides is 2. The third kappa shape index (κ3) is 17.2. The standard InChI is InChI=1S/C31H50N7O19P3S/c1-4-5-6-7-18(39)12-19(40)13-22(42)61-11-10-33-21(41)8-9-34-29(45)26(44)31(2,3)15-54-60(51,52)57-59(49,50)53-14-20-25(56-58(46,47)48)24(43)30(55-20)38-17-37-23-27(32)35-16-36-28(23)38/h16-17,20,24-26,30,43-44H,4-15H2,1-3H3,(H,33,41)(H,34,45)(H,49,50)(H,51,52)(H2,32,35,36)(H2,46,47,48)/p-4. The van der Waals surface area contributed by atoms with Crippen molar-refractivity contribution < 1.29 is 90.1 Å². The molecule has 0 radical (unpaired) electrons. The van der Waals surface area contributed by atoms with Crippen LogP contribution < -0.4 is 35.9 Å². The Bertz CT molecular complexity index is 2020. The minimum Gasteiger partial charge on any atom is -0.790 e. The number of fused-ring (bicyclic) bond motifs is 1. The number of imidazole rings is 1. The molecular weight excluding hydrogens is 899 g/mol. The van der Waals surface area contributed by atoms with Crippen molar-refractivity contribution >= 4 is 80.7 Å². The van der Waals surface area contributed by atoms with Crippen molar-refractivity contribution in [3.8, 4) is 0 Å². The number of phosphoric acid groups is 3. The van der Waals surface area contributed by atoms with Crippen LogP contribution in [0.2, 0.25) is 0 Å². The SMILES string of the molecule is CCCCCC(=O)CC(=O)CC(=O)SCCNC(=O)CCNC(=O)C(O)C(C)(C)COP(=O)([O-])OP(=O)([O-])OCC1OC(n2cnc3c(N)ncnc32)C(O)C1OP(=O)([O-])[O-]. The van der Waals surface area contributed by atoms with Crippen molar-refractivity contribution in [2.75, 3.05) is 37.8 Å². The van der Waals surface area contributed by atoms with Crippen LogP contribution in [0.25, 0.3) is 11.2 Å². The molecule has 1 aliphatic heterocycles. The van der Waals surface area contributed by atoms with Crippen LogP contribution in [0.5, 0.6) is 0 Å². The lowest BCUT2D eigenvalue weighted by Gasteiger charge is -2.36. The molecule has 6 N–H and O–H groups in total. The van der Waals surface area contributed by atoms with E-state index >= 15 is 0 Å². The van der Waals surface area contributed by atoms with Gasteiger partial charge < -0.3 is 69.0 Å². The number of nitrogens with one attached hydrogen (secondary N) is 2. The number of rotatable bonds is 27. The molecule has 3 rings (SSSR count). The highest BCUT2D eigenvalue weighted by Gasteiger charge is 2.47. The second-order valence-electron chi connectivity index (χ2n) is 14.1. The first-order valence-corrected chi connectivity index (χ1v) is 23.7. The highest BCUT2D eigenvalue weighted by atomic mass is 32.2. The molecule has 7 unspecified atom stereocenters. The second kappa shape index (κ2) is 23.0. The zero-order valence-corrected chi connectivity index (χ0v) is 36.5. The van der Waals surface area contributed by atoms with Gasteiger partial charge in [-0.1, -0.05) is 45.4 Å². The van der Waals surface area contributed by atoms with E-state index in [0.717, 1.165) is 41.8 Å². The van der Waals surface area contributed by atoms with Crippen LogP contribution in [-0.2, 0) is 60.3 Å². The minimum absolute atomic E-state index is 0.0320. The average molecular weight is 946 g/mol. The molecule has 26 nitrogen and oxygen atoms in total. The van der Waals surface area contributed by atoms with Crippen molar-refractivity contribution in [3.63, 3.8) is 0 Å². The van der Waals surface area contributed by atoms with Crippen LogP contribution in [0.3, 0.4) is 0 Å². The quantitative estimate of drug-likeness (QED) is 0.0355. The Hall–Kier alpha value is -3.10. The summed E-state index contributed by atoms with van der Waals surface area (Å²) >= 11 is 0.803. The maximum atomic E-state index is 12.6. The van der Waals surface area contributed by atoms with E-state index in [-0.39, 0.29) is 60.9 Å². The average Bonchev–Trinajstić information content (AvgIpc) is 3.71. The number of ether oxygens (including phenoxy) is 1. The fourth-order valence-electron chi connectivity index (χ4n) is 5.43. The van der Waals surface area contributed by atoms with Gasteiger partial charge in [0.25, 0.3) is 15.6 Å². The maximum absolute atomic E-state index is 12.6. The molecule has 1 fully saturated rings. The zero-order chi connectivity index (χ0) is 45.8. The number of carbonyl (C=O) groups is 5. The molecule has 61 heavy (non-hydrogen) atoms. The fourth-order valence-corrected chi connectivity index (χ4v) is 8.86. The van der Waals surface area contributed by atoms with E-state index in [1.807, 2.05) is 6.92 Å². The molecule has 344 valence electrons. The van der Waals surface area contributed by atoms with Gasteiger partial charge in [-0.2, -0.15) is 0 Å². The third-order valence-corrected chi connectivity index (χ3v) is 12.4. The van der Waals surface area contributed by atoms with Crippen molar-refractivity contribution in [1.82, 2.24) is 30.2 Å². The smallest absolute Gasteiger partial charge is 0.274 e. The predicted octanol–water partition coefficient (Wildman–Crippen LogP) is -2.36. The van der Waals surface area contributed by atoms with Crippen LogP contribution in [0.1, 0.15) is 71.9 Å². The van der Waals surface area contributed by atoms with Crippen molar-refractivity contribution in [3.05, 3.63) is 12.7 Å². The first-order chi connectivity index (χ1) is 28.3. The number of aliphatic hydroxyl groups is 2. The number of nitrogens with two attached hydrogens (primary N) is 1. The Morgan fingerprint density at radius 2 is 1.67 bits per heavy atom. The van der Waals surface area contributed by atoms with Gasteiger partial charge in [-0.3, -0.25) is 37.7 Å². The number of nitrogen functional groups attached to an aromatic ring is 1. The van der Waals surface area contributed by atoms with E-state index in [1.54, 1.807) is 0 Å². The molecule has 0 aliphatic carbocycles. The molecule has 0 bridgehead atoms. The summed E-state index contributed by atoms with van der Waals surface area (Å²) < 4.78 is 60.5. The molecule has 1 aliphatic rings. The van der Waals surface area contributed by atoms with Gasteiger partial charge in [0.05, 0.1) is 40.2 Å². The highest BCUT2D eigenvalue weighted by molar-refractivity contribution is 8.13. The monoisotopic (exact) mass is 945 g/mol. The molecule has 7 atom stereocenters. The number of hydrogen-bond donors (Lipinski definition) is 5. The number of ketones is 2. The van der Waals surface area contributed by atoms with Crippen LogP contribution in [0.15, 0.2) is 12.7 Å². The lowest BCUT2D eigenvalue weighted by atomic mass is 9.87. The number of aromatic nitrogens is 4. The summed E-state index contributed by atoms with van der Waals surface area (Å²) in [4.78, 5) is 120. The lowest BCUT2D eigenvalue weighted by molar-refractivity contribution is -0.347. The van der Waals surface area contributed by atoms with E-state index < -0.39 is 102 Å². The summed E-state index contributed by atoms with van der Waals surface area (Å²) in [6, 6.07) is 0. The molecule has 1 saturated heterocycles. The Morgan fingerprint density at radius 3 is 2.34 bits per heavy atom. The molecule has 0 saturated carbocycles. The molecule has 2 aromatic heterocycles. The van der Waals surface area contributed by atoms with Gasteiger partial charge in [-0.25, -0.2) is 19.3 Å². The van der Waals surface area contributed by atoms with Crippen molar-refractivity contribution in [1.29, 1.82) is 0 Å².